The van der Waals surface area contributed by atoms with Crippen LogP contribution in [0.5, 0.6) is 0 Å². The number of aromatic nitrogens is 1. The van der Waals surface area contributed by atoms with Crippen molar-refractivity contribution in [3.8, 4) is 0 Å². The van der Waals surface area contributed by atoms with Gasteiger partial charge in [0.05, 0.1) is 11.2 Å². The van der Waals surface area contributed by atoms with E-state index in [1.165, 1.54) is 18.2 Å². The number of fused-ring (bicyclic) bond motifs is 1. The molecular weight excluding hydrogens is 248 g/mol. The first kappa shape index (κ1) is 13.5. The molecule has 0 bridgehead atoms. The monoisotopic (exact) mass is 270 g/mol. The van der Waals surface area contributed by atoms with Gasteiger partial charge in [0, 0.05) is 24.6 Å². The van der Waals surface area contributed by atoms with Gasteiger partial charge in [-0.3, -0.25) is 4.98 Å². The van der Waals surface area contributed by atoms with Gasteiger partial charge in [-0.2, -0.15) is 0 Å². The number of para-hydroxylation sites is 1. The second-order valence-electron chi connectivity index (χ2n) is 5.56. The van der Waals surface area contributed by atoms with Crippen molar-refractivity contribution in [2.24, 2.45) is 5.92 Å². The van der Waals surface area contributed by atoms with Crippen LogP contribution in [0, 0.1) is 5.92 Å². The van der Waals surface area contributed by atoms with Crippen molar-refractivity contribution in [2.45, 2.75) is 25.3 Å². The molecular formula is C17H22N2O. The molecule has 3 nitrogen and oxygen atoms in total. The van der Waals surface area contributed by atoms with Crippen LogP contribution in [0.2, 0.25) is 0 Å². The zero-order valence-electron chi connectivity index (χ0n) is 12.0. The molecule has 0 amide bonds. The van der Waals surface area contributed by atoms with Crippen LogP contribution in [-0.4, -0.2) is 25.2 Å². The summed E-state index contributed by atoms with van der Waals surface area (Å²) >= 11 is 0. The predicted octanol–water partition coefficient (Wildman–Crippen LogP) is 3.31. The Bertz CT molecular complexity index is 564. The summed E-state index contributed by atoms with van der Waals surface area (Å²) in [4.78, 5) is 4.82. The third-order valence-corrected chi connectivity index (χ3v) is 4.24. The van der Waals surface area contributed by atoms with Crippen LogP contribution >= 0.6 is 0 Å². The van der Waals surface area contributed by atoms with Gasteiger partial charge in [-0.05, 0) is 44.4 Å². The molecule has 1 aromatic heterocycles. The summed E-state index contributed by atoms with van der Waals surface area (Å²) in [5.74, 6) is 0.745. The molecule has 1 N–H and O–H groups in total. The average Bonchev–Trinajstić information content (AvgIpc) is 2.53. The first-order valence-electron chi connectivity index (χ1n) is 7.47. The van der Waals surface area contributed by atoms with Crippen molar-refractivity contribution in [1.82, 2.24) is 10.3 Å². The summed E-state index contributed by atoms with van der Waals surface area (Å²) in [5, 5.41) is 4.63. The Balaban J connectivity index is 1.79. The maximum Gasteiger partial charge on any atom is 0.0706 e. The van der Waals surface area contributed by atoms with Gasteiger partial charge in [-0.15, -0.1) is 0 Å². The summed E-state index contributed by atoms with van der Waals surface area (Å²) < 4.78 is 5.44. The Kier molecular flexibility index (Phi) is 4.28. The fourth-order valence-electron chi connectivity index (χ4n) is 2.98. The maximum atomic E-state index is 5.44. The third kappa shape index (κ3) is 3.00. The lowest BCUT2D eigenvalue weighted by molar-refractivity contribution is 0.0606. The standard InChI is InChI=1S/C17H22N2O/c1-18-17(12-13-8-10-20-11-9-13)16-7-6-14-4-2-3-5-15(14)19-16/h2-7,13,17-18H,8-12H2,1H3. The number of nitrogens with one attached hydrogen (secondary N) is 1. The van der Waals surface area contributed by atoms with Crippen LogP contribution < -0.4 is 5.32 Å². The highest BCUT2D eigenvalue weighted by atomic mass is 16.5. The minimum Gasteiger partial charge on any atom is -0.381 e. The fourth-order valence-corrected chi connectivity index (χ4v) is 2.98. The molecule has 1 atom stereocenters. The summed E-state index contributed by atoms with van der Waals surface area (Å²) in [6.07, 6.45) is 3.49. The highest BCUT2D eigenvalue weighted by molar-refractivity contribution is 5.78. The van der Waals surface area contributed by atoms with E-state index in [4.69, 9.17) is 9.72 Å². The molecule has 106 valence electrons. The van der Waals surface area contributed by atoms with Gasteiger partial charge in [0.2, 0.25) is 0 Å². The molecule has 1 aromatic carbocycles. The summed E-state index contributed by atoms with van der Waals surface area (Å²) in [5.41, 5.74) is 2.23. The lowest BCUT2D eigenvalue weighted by Gasteiger charge is -2.26. The smallest absolute Gasteiger partial charge is 0.0706 e. The molecule has 0 saturated carbocycles. The number of benzene rings is 1. The molecule has 20 heavy (non-hydrogen) atoms. The van der Waals surface area contributed by atoms with E-state index in [0.717, 1.165) is 36.8 Å². The Hall–Kier alpha value is -1.45. The predicted molar refractivity (Wildman–Crippen MR) is 81.7 cm³/mol. The number of hydrogen-bond donors (Lipinski definition) is 1. The van der Waals surface area contributed by atoms with Gasteiger partial charge in [0.15, 0.2) is 0 Å². The van der Waals surface area contributed by atoms with Gasteiger partial charge < -0.3 is 10.1 Å². The fraction of sp³-hybridized carbons (Fsp3) is 0.471. The largest absolute Gasteiger partial charge is 0.381 e. The molecule has 2 heterocycles. The molecule has 1 aliphatic rings. The number of hydrogen-bond acceptors (Lipinski definition) is 3. The highest BCUT2D eigenvalue weighted by Crippen LogP contribution is 2.27. The summed E-state index contributed by atoms with van der Waals surface area (Å²) in [6, 6.07) is 13.0. The Labute approximate surface area is 120 Å². The number of pyridine rings is 1. The van der Waals surface area contributed by atoms with Crippen molar-refractivity contribution < 1.29 is 4.74 Å². The van der Waals surface area contributed by atoms with E-state index >= 15 is 0 Å². The van der Waals surface area contributed by atoms with E-state index < -0.39 is 0 Å². The van der Waals surface area contributed by atoms with Gasteiger partial charge in [0.1, 0.15) is 0 Å². The SMILES string of the molecule is CNC(CC1CCOCC1)c1ccc2ccccc2n1. The van der Waals surface area contributed by atoms with Gasteiger partial charge in [-0.25, -0.2) is 0 Å². The summed E-state index contributed by atoms with van der Waals surface area (Å²) in [7, 11) is 2.03. The van der Waals surface area contributed by atoms with Crippen LogP contribution in [0.4, 0.5) is 0 Å². The Morgan fingerprint density at radius 1 is 1.20 bits per heavy atom. The lowest BCUT2D eigenvalue weighted by atomic mass is 9.91. The van der Waals surface area contributed by atoms with Crippen molar-refractivity contribution in [3.63, 3.8) is 0 Å². The normalized spacial score (nSPS) is 18.2. The minimum atomic E-state index is 0.336. The van der Waals surface area contributed by atoms with E-state index in [1.807, 2.05) is 13.1 Å². The molecule has 1 aliphatic heterocycles. The molecule has 1 unspecified atom stereocenters. The molecule has 3 heteroatoms. The molecule has 0 spiro atoms. The van der Waals surface area contributed by atoms with Crippen LogP contribution in [0.3, 0.4) is 0 Å². The quantitative estimate of drug-likeness (QED) is 0.925. The first-order chi connectivity index (χ1) is 9.86. The van der Waals surface area contributed by atoms with Crippen LogP contribution in [0.15, 0.2) is 36.4 Å². The second kappa shape index (κ2) is 6.33. The molecule has 0 aliphatic carbocycles. The topological polar surface area (TPSA) is 34.1 Å². The van der Waals surface area contributed by atoms with Crippen molar-refractivity contribution in [1.29, 1.82) is 0 Å². The maximum absolute atomic E-state index is 5.44. The third-order valence-electron chi connectivity index (χ3n) is 4.24. The van der Waals surface area contributed by atoms with E-state index in [0.29, 0.717) is 6.04 Å². The van der Waals surface area contributed by atoms with E-state index in [1.54, 1.807) is 0 Å². The lowest BCUT2D eigenvalue weighted by Crippen LogP contribution is -2.24. The second-order valence-corrected chi connectivity index (χ2v) is 5.56. The molecule has 1 saturated heterocycles. The van der Waals surface area contributed by atoms with Crippen molar-refractivity contribution in [3.05, 3.63) is 42.1 Å². The zero-order chi connectivity index (χ0) is 13.8. The van der Waals surface area contributed by atoms with Crippen LogP contribution in [-0.2, 0) is 4.74 Å². The van der Waals surface area contributed by atoms with Gasteiger partial charge in [0.25, 0.3) is 0 Å². The summed E-state index contributed by atoms with van der Waals surface area (Å²) in [6.45, 7) is 1.82. The Morgan fingerprint density at radius 2 is 2.00 bits per heavy atom. The van der Waals surface area contributed by atoms with Crippen LogP contribution in [0.1, 0.15) is 31.0 Å². The van der Waals surface area contributed by atoms with Gasteiger partial charge >= 0.3 is 0 Å². The number of rotatable bonds is 4. The molecule has 0 radical (unpaired) electrons. The van der Waals surface area contributed by atoms with E-state index in [9.17, 15) is 0 Å². The van der Waals surface area contributed by atoms with Crippen molar-refractivity contribution in [2.75, 3.05) is 20.3 Å². The first-order valence-corrected chi connectivity index (χ1v) is 7.47. The number of ether oxygens (including phenoxy) is 1. The Morgan fingerprint density at radius 3 is 2.80 bits per heavy atom. The zero-order valence-corrected chi connectivity index (χ0v) is 12.0. The van der Waals surface area contributed by atoms with Gasteiger partial charge in [-0.1, -0.05) is 24.3 Å². The van der Waals surface area contributed by atoms with E-state index in [2.05, 4.69) is 35.6 Å². The molecule has 1 fully saturated rings. The van der Waals surface area contributed by atoms with Crippen molar-refractivity contribution >= 4 is 10.9 Å². The molecule has 3 rings (SSSR count). The number of nitrogens with zero attached hydrogens (tertiary/aromatic N) is 1. The highest BCUT2D eigenvalue weighted by Gasteiger charge is 2.20. The van der Waals surface area contributed by atoms with Crippen LogP contribution in [0.25, 0.3) is 10.9 Å². The minimum absolute atomic E-state index is 0.336. The average molecular weight is 270 g/mol. The van der Waals surface area contributed by atoms with E-state index in [-0.39, 0.29) is 0 Å². The molecule has 2 aromatic rings.